The molecule has 0 aromatic heterocycles. The molecule has 0 aliphatic heterocycles. The second-order valence-electron chi connectivity index (χ2n) is 3.96. The molecule has 0 fully saturated rings. The summed E-state index contributed by atoms with van der Waals surface area (Å²) in [7, 11) is 0. The summed E-state index contributed by atoms with van der Waals surface area (Å²) in [5.74, 6) is 0.810. The minimum absolute atomic E-state index is 0.638. The molecular formula is C15H15ClO2. The van der Waals surface area contributed by atoms with Crippen LogP contribution < -0.4 is 4.74 Å². The van der Waals surface area contributed by atoms with Gasteiger partial charge in [-0.3, -0.25) is 0 Å². The third-order valence-electron chi connectivity index (χ3n) is 2.69. The molecule has 0 saturated heterocycles. The van der Waals surface area contributed by atoms with E-state index in [0.717, 1.165) is 16.9 Å². The average Bonchev–Trinajstić information content (AvgIpc) is 2.40. The molecule has 2 aromatic carbocycles. The van der Waals surface area contributed by atoms with Crippen LogP contribution in [0.15, 0.2) is 48.5 Å². The third kappa shape index (κ3) is 3.03. The van der Waals surface area contributed by atoms with Crippen molar-refractivity contribution in [3.8, 4) is 5.75 Å². The standard InChI is InChI=1S/C15H15ClO2/c1-2-18-14-9-5-12(6-10-14)15(17)11-3-7-13(16)8-4-11/h3-10,15,17H,2H2,1H3/t15-/m0/s1. The van der Waals surface area contributed by atoms with Crippen molar-refractivity contribution < 1.29 is 9.84 Å². The molecule has 0 spiro atoms. The fraction of sp³-hybridized carbons (Fsp3) is 0.200. The van der Waals surface area contributed by atoms with Crippen LogP contribution in [0.5, 0.6) is 5.75 Å². The summed E-state index contributed by atoms with van der Waals surface area (Å²) >= 11 is 5.82. The summed E-state index contributed by atoms with van der Waals surface area (Å²) in [5.41, 5.74) is 1.66. The molecule has 0 aliphatic carbocycles. The van der Waals surface area contributed by atoms with E-state index in [1.54, 1.807) is 12.1 Å². The molecule has 0 unspecified atom stereocenters. The molecule has 18 heavy (non-hydrogen) atoms. The average molecular weight is 263 g/mol. The van der Waals surface area contributed by atoms with E-state index >= 15 is 0 Å². The van der Waals surface area contributed by atoms with Gasteiger partial charge < -0.3 is 9.84 Å². The largest absolute Gasteiger partial charge is 0.494 e. The first-order chi connectivity index (χ1) is 8.70. The first-order valence-corrected chi connectivity index (χ1v) is 6.25. The number of aliphatic hydroxyl groups excluding tert-OH is 1. The molecule has 0 heterocycles. The van der Waals surface area contributed by atoms with Gasteiger partial charge in [-0.15, -0.1) is 0 Å². The van der Waals surface area contributed by atoms with Gasteiger partial charge in [0.15, 0.2) is 0 Å². The molecule has 0 aliphatic rings. The van der Waals surface area contributed by atoms with Gasteiger partial charge in [0.1, 0.15) is 11.9 Å². The minimum atomic E-state index is -0.641. The Hall–Kier alpha value is -1.51. The Morgan fingerprint density at radius 1 is 1.00 bits per heavy atom. The fourth-order valence-electron chi connectivity index (χ4n) is 1.75. The maximum Gasteiger partial charge on any atom is 0.119 e. The smallest absolute Gasteiger partial charge is 0.119 e. The summed E-state index contributed by atoms with van der Waals surface area (Å²) in [6.45, 7) is 2.58. The maximum absolute atomic E-state index is 10.2. The third-order valence-corrected chi connectivity index (χ3v) is 2.94. The van der Waals surface area contributed by atoms with Crippen LogP contribution in [0.25, 0.3) is 0 Å². The Balaban J connectivity index is 2.17. The zero-order valence-corrected chi connectivity index (χ0v) is 10.9. The van der Waals surface area contributed by atoms with Crippen molar-refractivity contribution in [2.45, 2.75) is 13.0 Å². The molecule has 0 saturated carbocycles. The number of hydrogen-bond acceptors (Lipinski definition) is 2. The summed E-state index contributed by atoms with van der Waals surface area (Å²) in [6, 6.07) is 14.6. The number of benzene rings is 2. The first-order valence-electron chi connectivity index (χ1n) is 5.87. The SMILES string of the molecule is CCOc1ccc([C@@H](O)c2ccc(Cl)cc2)cc1. The van der Waals surface area contributed by atoms with Crippen LogP contribution in [0.4, 0.5) is 0 Å². The van der Waals surface area contributed by atoms with Gasteiger partial charge in [-0.25, -0.2) is 0 Å². The maximum atomic E-state index is 10.2. The second-order valence-corrected chi connectivity index (χ2v) is 4.39. The van der Waals surface area contributed by atoms with Gasteiger partial charge >= 0.3 is 0 Å². The first kappa shape index (κ1) is 12.9. The zero-order chi connectivity index (χ0) is 13.0. The Morgan fingerprint density at radius 3 is 2.00 bits per heavy atom. The molecule has 2 rings (SSSR count). The highest BCUT2D eigenvalue weighted by Gasteiger charge is 2.10. The highest BCUT2D eigenvalue weighted by atomic mass is 35.5. The Labute approximate surface area is 112 Å². The van der Waals surface area contributed by atoms with E-state index in [1.165, 1.54) is 0 Å². The van der Waals surface area contributed by atoms with Crippen LogP contribution >= 0.6 is 11.6 Å². The lowest BCUT2D eigenvalue weighted by atomic mass is 10.0. The zero-order valence-electron chi connectivity index (χ0n) is 10.1. The van der Waals surface area contributed by atoms with Gasteiger partial charge in [0.2, 0.25) is 0 Å². The van der Waals surface area contributed by atoms with E-state index in [0.29, 0.717) is 11.6 Å². The van der Waals surface area contributed by atoms with Crippen LogP contribution in [-0.4, -0.2) is 11.7 Å². The van der Waals surface area contributed by atoms with Gasteiger partial charge in [-0.05, 0) is 42.3 Å². The van der Waals surface area contributed by atoms with Gasteiger partial charge in [0.05, 0.1) is 6.61 Å². The van der Waals surface area contributed by atoms with Gasteiger partial charge in [0, 0.05) is 5.02 Å². The highest BCUT2D eigenvalue weighted by Crippen LogP contribution is 2.24. The van der Waals surface area contributed by atoms with E-state index < -0.39 is 6.10 Å². The molecule has 0 radical (unpaired) electrons. The Kier molecular flexibility index (Phi) is 4.24. The van der Waals surface area contributed by atoms with Gasteiger partial charge in [0.25, 0.3) is 0 Å². The molecule has 2 nitrogen and oxygen atoms in total. The summed E-state index contributed by atoms with van der Waals surface area (Å²) < 4.78 is 5.36. The monoisotopic (exact) mass is 262 g/mol. The minimum Gasteiger partial charge on any atom is -0.494 e. The van der Waals surface area contributed by atoms with E-state index in [-0.39, 0.29) is 0 Å². The van der Waals surface area contributed by atoms with Crippen molar-refractivity contribution >= 4 is 11.6 Å². The number of rotatable bonds is 4. The van der Waals surface area contributed by atoms with Crippen molar-refractivity contribution in [1.29, 1.82) is 0 Å². The van der Waals surface area contributed by atoms with Gasteiger partial charge in [-0.1, -0.05) is 35.9 Å². The van der Waals surface area contributed by atoms with E-state index in [2.05, 4.69) is 0 Å². The van der Waals surface area contributed by atoms with Crippen LogP contribution in [0.1, 0.15) is 24.2 Å². The topological polar surface area (TPSA) is 29.5 Å². The molecule has 0 bridgehead atoms. The number of halogens is 1. The lowest BCUT2D eigenvalue weighted by molar-refractivity contribution is 0.220. The predicted molar refractivity (Wildman–Crippen MR) is 73.1 cm³/mol. The summed E-state index contributed by atoms with van der Waals surface area (Å²) in [5, 5.41) is 10.9. The second kappa shape index (κ2) is 5.89. The number of aliphatic hydroxyl groups is 1. The fourth-order valence-corrected chi connectivity index (χ4v) is 1.88. The van der Waals surface area contributed by atoms with Crippen LogP contribution in [0.2, 0.25) is 5.02 Å². The molecule has 1 N–H and O–H groups in total. The molecule has 1 atom stereocenters. The lowest BCUT2D eigenvalue weighted by Gasteiger charge is -2.12. The quantitative estimate of drug-likeness (QED) is 0.908. The summed E-state index contributed by atoms with van der Waals surface area (Å²) in [4.78, 5) is 0. The molecule has 2 aromatic rings. The molecule has 3 heteroatoms. The van der Waals surface area contributed by atoms with Crippen molar-refractivity contribution in [2.75, 3.05) is 6.61 Å². The predicted octanol–water partition coefficient (Wildman–Crippen LogP) is 3.82. The molecule has 0 amide bonds. The number of ether oxygens (including phenoxy) is 1. The van der Waals surface area contributed by atoms with Gasteiger partial charge in [-0.2, -0.15) is 0 Å². The van der Waals surface area contributed by atoms with E-state index in [1.807, 2.05) is 43.3 Å². The molecular weight excluding hydrogens is 248 g/mol. The van der Waals surface area contributed by atoms with Crippen molar-refractivity contribution in [3.05, 3.63) is 64.7 Å². The van der Waals surface area contributed by atoms with Crippen molar-refractivity contribution in [1.82, 2.24) is 0 Å². The van der Waals surface area contributed by atoms with Crippen LogP contribution in [-0.2, 0) is 0 Å². The van der Waals surface area contributed by atoms with E-state index in [9.17, 15) is 5.11 Å². The Bertz CT molecular complexity index is 491. The Morgan fingerprint density at radius 2 is 1.50 bits per heavy atom. The van der Waals surface area contributed by atoms with Crippen molar-refractivity contribution in [3.63, 3.8) is 0 Å². The van der Waals surface area contributed by atoms with Crippen LogP contribution in [0, 0.1) is 0 Å². The van der Waals surface area contributed by atoms with Crippen LogP contribution in [0.3, 0.4) is 0 Å². The summed E-state index contributed by atoms with van der Waals surface area (Å²) in [6.07, 6.45) is -0.641. The lowest BCUT2D eigenvalue weighted by Crippen LogP contribution is -1.99. The normalized spacial score (nSPS) is 12.2. The highest BCUT2D eigenvalue weighted by molar-refractivity contribution is 6.30. The van der Waals surface area contributed by atoms with Crippen molar-refractivity contribution in [2.24, 2.45) is 0 Å². The van der Waals surface area contributed by atoms with E-state index in [4.69, 9.17) is 16.3 Å². The molecule has 94 valence electrons. The number of hydrogen-bond donors (Lipinski definition) is 1.